The summed E-state index contributed by atoms with van der Waals surface area (Å²) in [6, 6.07) is 3.62. The molecule has 1 rings (SSSR count). The van der Waals surface area contributed by atoms with E-state index in [1.165, 1.54) is 0 Å². The van der Waals surface area contributed by atoms with Gasteiger partial charge in [-0.2, -0.15) is 0 Å². The standard InChI is InChI=1S/C11H16BrNO3/c1-13-6-9(14)8-4-7(12)5-10(15-2)11(8)16-3/h4-5,9,13-14H,6H2,1-3H3. The third-order valence-corrected chi connectivity index (χ3v) is 2.69. The molecule has 0 heterocycles. The van der Waals surface area contributed by atoms with Gasteiger partial charge in [-0.25, -0.2) is 0 Å². The van der Waals surface area contributed by atoms with Crippen LogP contribution in [0.5, 0.6) is 11.5 Å². The molecule has 1 unspecified atom stereocenters. The normalized spacial score (nSPS) is 12.3. The van der Waals surface area contributed by atoms with Crippen LogP contribution in [0.3, 0.4) is 0 Å². The van der Waals surface area contributed by atoms with Crippen molar-refractivity contribution in [1.82, 2.24) is 5.32 Å². The van der Waals surface area contributed by atoms with Crippen LogP contribution in [-0.2, 0) is 0 Å². The summed E-state index contributed by atoms with van der Waals surface area (Å²) in [4.78, 5) is 0. The van der Waals surface area contributed by atoms with Gasteiger partial charge in [-0.1, -0.05) is 15.9 Å². The number of hydrogen-bond donors (Lipinski definition) is 2. The molecule has 0 aliphatic carbocycles. The second-order valence-electron chi connectivity index (χ2n) is 3.30. The van der Waals surface area contributed by atoms with Gasteiger partial charge < -0.3 is 19.9 Å². The van der Waals surface area contributed by atoms with Crippen LogP contribution < -0.4 is 14.8 Å². The van der Waals surface area contributed by atoms with Crippen molar-refractivity contribution in [2.24, 2.45) is 0 Å². The van der Waals surface area contributed by atoms with Gasteiger partial charge in [0.05, 0.1) is 20.3 Å². The number of methoxy groups -OCH3 is 2. The summed E-state index contributed by atoms with van der Waals surface area (Å²) in [6.07, 6.45) is -0.633. The quantitative estimate of drug-likeness (QED) is 0.867. The molecule has 1 aromatic carbocycles. The highest BCUT2D eigenvalue weighted by atomic mass is 79.9. The highest BCUT2D eigenvalue weighted by molar-refractivity contribution is 9.10. The molecule has 1 aromatic rings. The van der Waals surface area contributed by atoms with E-state index in [2.05, 4.69) is 21.2 Å². The summed E-state index contributed by atoms with van der Waals surface area (Å²) in [6.45, 7) is 0.454. The molecular weight excluding hydrogens is 274 g/mol. The first-order valence-corrected chi connectivity index (χ1v) is 5.67. The number of nitrogens with one attached hydrogen (secondary N) is 1. The Morgan fingerprint density at radius 3 is 2.56 bits per heavy atom. The second-order valence-corrected chi connectivity index (χ2v) is 4.22. The van der Waals surface area contributed by atoms with Crippen molar-refractivity contribution in [3.8, 4) is 11.5 Å². The lowest BCUT2D eigenvalue weighted by molar-refractivity contribution is 0.172. The summed E-state index contributed by atoms with van der Waals surface area (Å²) in [7, 11) is 4.91. The molecule has 0 aliphatic heterocycles. The van der Waals surface area contributed by atoms with E-state index in [-0.39, 0.29) is 0 Å². The molecule has 0 saturated carbocycles. The number of rotatable bonds is 5. The summed E-state index contributed by atoms with van der Waals surface area (Å²) in [5.41, 5.74) is 0.697. The zero-order chi connectivity index (χ0) is 12.1. The second kappa shape index (κ2) is 6.08. The van der Waals surface area contributed by atoms with Gasteiger partial charge in [-0.3, -0.25) is 0 Å². The van der Waals surface area contributed by atoms with Crippen LogP contribution in [0.1, 0.15) is 11.7 Å². The van der Waals surface area contributed by atoms with E-state index in [1.807, 2.05) is 6.07 Å². The monoisotopic (exact) mass is 289 g/mol. The maximum absolute atomic E-state index is 9.96. The van der Waals surface area contributed by atoms with Gasteiger partial charge in [0.2, 0.25) is 0 Å². The zero-order valence-corrected chi connectivity index (χ0v) is 11.2. The molecule has 0 aromatic heterocycles. The zero-order valence-electron chi connectivity index (χ0n) is 9.58. The number of aliphatic hydroxyl groups excluding tert-OH is 1. The van der Waals surface area contributed by atoms with E-state index < -0.39 is 6.10 Å². The Bertz CT molecular complexity index is 357. The number of aliphatic hydroxyl groups is 1. The number of hydrogen-bond acceptors (Lipinski definition) is 4. The van der Waals surface area contributed by atoms with Crippen LogP contribution in [0.25, 0.3) is 0 Å². The Morgan fingerprint density at radius 1 is 1.38 bits per heavy atom. The van der Waals surface area contributed by atoms with Gasteiger partial charge in [-0.15, -0.1) is 0 Å². The molecule has 0 bridgehead atoms. The smallest absolute Gasteiger partial charge is 0.166 e. The van der Waals surface area contributed by atoms with E-state index in [0.717, 1.165) is 4.47 Å². The average Bonchev–Trinajstić information content (AvgIpc) is 2.28. The van der Waals surface area contributed by atoms with Gasteiger partial charge in [0.15, 0.2) is 11.5 Å². The van der Waals surface area contributed by atoms with E-state index in [9.17, 15) is 5.11 Å². The van der Waals surface area contributed by atoms with E-state index in [1.54, 1.807) is 27.3 Å². The fourth-order valence-electron chi connectivity index (χ4n) is 1.51. The minimum atomic E-state index is -0.633. The Morgan fingerprint density at radius 2 is 2.06 bits per heavy atom. The largest absolute Gasteiger partial charge is 0.493 e. The molecule has 0 radical (unpaired) electrons. The van der Waals surface area contributed by atoms with Crippen LogP contribution in [0.4, 0.5) is 0 Å². The van der Waals surface area contributed by atoms with E-state index >= 15 is 0 Å². The molecule has 5 heteroatoms. The molecule has 1 atom stereocenters. The van der Waals surface area contributed by atoms with Crippen molar-refractivity contribution in [2.45, 2.75) is 6.10 Å². The molecule has 0 fully saturated rings. The average molecular weight is 290 g/mol. The molecule has 0 aliphatic rings. The van der Waals surface area contributed by atoms with Crippen LogP contribution in [0, 0.1) is 0 Å². The predicted molar refractivity (Wildman–Crippen MR) is 66.1 cm³/mol. The van der Waals surface area contributed by atoms with E-state index in [4.69, 9.17) is 9.47 Å². The molecule has 16 heavy (non-hydrogen) atoms. The van der Waals surface area contributed by atoms with Crippen molar-refractivity contribution in [3.63, 3.8) is 0 Å². The maximum atomic E-state index is 9.96. The van der Waals surface area contributed by atoms with E-state index in [0.29, 0.717) is 23.6 Å². The first-order valence-electron chi connectivity index (χ1n) is 4.88. The summed E-state index contributed by atoms with van der Waals surface area (Å²) >= 11 is 3.37. The van der Waals surface area contributed by atoms with Gasteiger partial charge in [-0.05, 0) is 19.2 Å². The molecule has 2 N–H and O–H groups in total. The van der Waals surface area contributed by atoms with Gasteiger partial charge >= 0.3 is 0 Å². The highest BCUT2D eigenvalue weighted by Gasteiger charge is 2.17. The van der Waals surface area contributed by atoms with Crippen molar-refractivity contribution >= 4 is 15.9 Å². The highest BCUT2D eigenvalue weighted by Crippen LogP contribution is 2.37. The lowest BCUT2D eigenvalue weighted by Gasteiger charge is -2.17. The maximum Gasteiger partial charge on any atom is 0.166 e. The van der Waals surface area contributed by atoms with Crippen molar-refractivity contribution < 1.29 is 14.6 Å². The molecule has 4 nitrogen and oxygen atoms in total. The number of likely N-dealkylation sites (N-methyl/N-ethyl adjacent to an activating group) is 1. The van der Waals surface area contributed by atoms with Gasteiger partial charge in [0.1, 0.15) is 0 Å². The third kappa shape index (κ3) is 2.87. The predicted octanol–water partition coefficient (Wildman–Crippen LogP) is 1.72. The summed E-state index contributed by atoms with van der Waals surface area (Å²) < 4.78 is 11.3. The van der Waals surface area contributed by atoms with Crippen LogP contribution >= 0.6 is 15.9 Å². The lowest BCUT2D eigenvalue weighted by atomic mass is 10.1. The Kier molecular flexibility index (Phi) is 5.05. The van der Waals surface area contributed by atoms with Crippen molar-refractivity contribution in [1.29, 1.82) is 0 Å². The van der Waals surface area contributed by atoms with Crippen LogP contribution in [0.15, 0.2) is 16.6 Å². The number of benzene rings is 1. The van der Waals surface area contributed by atoms with Gasteiger partial charge in [0, 0.05) is 16.6 Å². The lowest BCUT2D eigenvalue weighted by Crippen LogP contribution is -2.17. The number of ether oxygens (including phenoxy) is 2. The fourth-order valence-corrected chi connectivity index (χ4v) is 1.96. The molecule has 0 amide bonds. The molecule has 0 spiro atoms. The fraction of sp³-hybridized carbons (Fsp3) is 0.455. The third-order valence-electron chi connectivity index (χ3n) is 2.23. The van der Waals surface area contributed by atoms with Crippen molar-refractivity contribution in [3.05, 3.63) is 22.2 Å². The molecular formula is C11H16BrNO3. The molecule has 90 valence electrons. The minimum absolute atomic E-state index is 0.454. The molecule has 0 saturated heterocycles. The topological polar surface area (TPSA) is 50.7 Å². The van der Waals surface area contributed by atoms with Gasteiger partial charge in [0.25, 0.3) is 0 Å². The summed E-state index contributed by atoms with van der Waals surface area (Å²) in [5, 5.41) is 12.9. The minimum Gasteiger partial charge on any atom is -0.493 e. The Labute approximate surface area is 104 Å². The Balaban J connectivity index is 3.19. The summed E-state index contributed by atoms with van der Waals surface area (Å²) in [5.74, 6) is 1.16. The first kappa shape index (κ1) is 13.3. The Hall–Kier alpha value is -0.780. The first-order chi connectivity index (χ1) is 7.63. The van der Waals surface area contributed by atoms with Crippen LogP contribution in [0.2, 0.25) is 0 Å². The SMILES string of the molecule is CNCC(O)c1cc(Br)cc(OC)c1OC. The number of halogens is 1. The van der Waals surface area contributed by atoms with Crippen LogP contribution in [-0.4, -0.2) is 32.9 Å². The van der Waals surface area contributed by atoms with Crippen molar-refractivity contribution in [2.75, 3.05) is 27.8 Å².